The summed E-state index contributed by atoms with van der Waals surface area (Å²) in [5.74, 6) is 0.746. The third kappa shape index (κ3) is 5.20. The second-order valence-electron chi connectivity index (χ2n) is 7.93. The van der Waals surface area contributed by atoms with Gasteiger partial charge in [0.25, 0.3) is 0 Å². The van der Waals surface area contributed by atoms with E-state index in [2.05, 4.69) is 10.3 Å². The number of H-pyrrole nitrogens is 1. The summed E-state index contributed by atoms with van der Waals surface area (Å²) in [6, 6.07) is 20.5. The maximum Gasteiger partial charge on any atom is 0.248 e. The summed E-state index contributed by atoms with van der Waals surface area (Å²) in [7, 11) is 0. The molecular formula is C26H23N3O3S2. The molecule has 1 amide bonds. The van der Waals surface area contributed by atoms with E-state index in [0.717, 1.165) is 32.0 Å². The number of nitrogens with one attached hydrogen (secondary N) is 2. The molecule has 0 fully saturated rings. The molecule has 0 aliphatic heterocycles. The number of benzene rings is 1. The van der Waals surface area contributed by atoms with Crippen LogP contribution in [0.1, 0.15) is 27.1 Å². The maximum atomic E-state index is 13.9. The highest BCUT2D eigenvalue weighted by atomic mass is 32.1. The minimum absolute atomic E-state index is 0.00244. The summed E-state index contributed by atoms with van der Waals surface area (Å²) in [4.78, 5) is 32.2. The van der Waals surface area contributed by atoms with Crippen molar-refractivity contribution in [2.75, 3.05) is 0 Å². The molecule has 2 N–H and O–H groups in total. The predicted molar refractivity (Wildman–Crippen MR) is 136 cm³/mol. The van der Waals surface area contributed by atoms with Crippen LogP contribution in [0.2, 0.25) is 0 Å². The van der Waals surface area contributed by atoms with Crippen LogP contribution in [0.15, 0.2) is 93.0 Å². The lowest BCUT2D eigenvalue weighted by molar-refractivity contribution is -0.135. The standard InChI is InChI=1S/C26H23N3O3S2/c30-24-10-8-19-14-18(7-9-22(19)28-24)15-27-25(23-6-3-13-34-23)26(31)29(16-20-4-1-11-32-20)17-21-5-2-12-33-21/h1-14,25,27H,15-17H2,(H,28,30)/t25-/m1/s1. The van der Waals surface area contributed by atoms with E-state index in [4.69, 9.17) is 4.42 Å². The Morgan fingerprint density at radius 2 is 1.88 bits per heavy atom. The van der Waals surface area contributed by atoms with Gasteiger partial charge in [-0.1, -0.05) is 18.2 Å². The first-order valence-electron chi connectivity index (χ1n) is 10.9. The first-order valence-corrected chi connectivity index (χ1v) is 12.6. The van der Waals surface area contributed by atoms with E-state index in [1.54, 1.807) is 28.9 Å². The third-order valence-electron chi connectivity index (χ3n) is 5.54. The van der Waals surface area contributed by atoms with E-state index in [1.165, 1.54) is 6.07 Å². The summed E-state index contributed by atoms with van der Waals surface area (Å²) in [5, 5.41) is 8.43. The Bertz CT molecular complexity index is 1370. The molecule has 172 valence electrons. The second kappa shape index (κ2) is 10.2. The van der Waals surface area contributed by atoms with Crippen molar-refractivity contribution in [3.8, 4) is 0 Å². The van der Waals surface area contributed by atoms with Crippen molar-refractivity contribution < 1.29 is 9.21 Å². The zero-order valence-electron chi connectivity index (χ0n) is 18.3. The van der Waals surface area contributed by atoms with Crippen LogP contribution < -0.4 is 10.9 Å². The molecule has 1 aromatic carbocycles. The fourth-order valence-electron chi connectivity index (χ4n) is 3.87. The van der Waals surface area contributed by atoms with E-state index in [0.29, 0.717) is 19.6 Å². The number of carbonyl (C=O) groups excluding carboxylic acids is 1. The Labute approximate surface area is 204 Å². The van der Waals surface area contributed by atoms with Gasteiger partial charge < -0.3 is 14.3 Å². The van der Waals surface area contributed by atoms with Gasteiger partial charge in [0.05, 0.1) is 19.4 Å². The summed E-state index contributed by atoms with van der Waals surface area (Å²) >= 11 is 3.20. The Balaban J connectivity index is 1.39. The number of nitrogens with zero attached hydrogens (tertiary/aromatic N) is 1. The van der Waals surface area contributed by atoms with Crippen LogP contribution in [0, 0.1) is 0 Å². The van der Waals surface area contributed by atoms with Gasteiger partial charge in [0.1, 0.15) is 11.8 Å². The van der Waals surface area contributed by atoms with Gasteiger partial charge in [-0.15, -0.1) is 22.7 Å². The molecule has 4 aromatic heterocycles. The van der Waals surface area contributed by atoms with Crippen molar-refractivity contribution in [3.05, 3.63) is 115 Å². The highest BCUT2D eigenvalue weighted by molar-refractivity contribution is 7.10. The Kier molecular flexibility index (Phi) is 6.71. The largest absolute Gasteiger partial charge is 0.467 e. The van der Waals surface area contributed by atoms with Crippen LogP contribution >= 0.6 is 22.7 Å². The number of thiophene rings is 2. The van der Waals surface area contributed by atoms with E-state index in [9.17, 15) is 9.59 Å². The number of fused-ring (bicyclic) bond motifs is 1. The summed E-state index contributed by atoms with van der Waals surface area (Å²) in [6.07, 6.45) is 1.63. The van der Waals surface area contributed by atoms with Gasteiger partial charge in [0, 0.05) is 27.9 Å². The molecule has 0 radical (unpaired) electrons. The minimum atomic E-state index is -0.485. The third-order valence-corrected chi connectivity index (χ3v) is 7.34. The Morgan fingerprint density at radius 1 is 1.00 bits per heavy atom. The summed E-state index contributed by atoms with van der Waals surface area (Å²) in [5.41, 5.74) is 1.71. The number of pyridine rings is 1. The van der Waals surface area contributed by atoms with Crippen molar-refractivity contribution in [2.24, 2.45) is 0 Å². The van der Waals surface area contributed by atoms with Crippen molar-refractivity contribution in [3.63, 3.8) is 0 Å². The van der Waals surface area contributed by atoms with Gasteiger partial charge in [-0.05, 0) is 64.2 Å². The SMILES string of the molecule is O=C([C@H](NCc1ccc2[nH]c(=O)ccc2c1)c1cccs1)N(Cc1ccco1)Cc1cccs1. The van der Waals surface area contributed by atoms with Crippen LogP contribution in [-0.4, -0.2) is 15.8 Å². The predicted octanol–water partition coefficient (Wildman–Crippen LogP) is 5.30. The molecule has 34 heavy (non-hydrogen) atoms. The molecule has 0 spiro atoms. The molecule has 6 nitrogen and oxygen atoms in total. The van der Waals surface area contributed by atoms with Crippen LogP contribution in [0.25, 0.3) is 10.9 Å². The van der Waals surface area contributed by atoms with Crippen molar-refractivity contribution >= 4 is 39.5 Å². The van der Waals surface area contributed by atoms with Crippen LogP contribution in [0.3, 0.4) is 0 Å². The molecule has 0 aliphatic rings. The van der Waals surface area contributed by atoms with Gasteiger partial charge in [-0.3, -0.25) is 14.9 Å². The van der Waals surface area contributed by atoms with E-state index < -0.39 is 6.04 Å². The van der Waals surface area contributed by atoms with Gasteiger partial charge >= 0.3 is 0 Å². The number of aromatic amines is 1. The molecule has 0 unspecified atom stereocenters. The Morgan fingerprint density at radius 3 is 2.65 bits per heavy atom. The number of amides is 1. The quantitative estimate of drug-likeness (QED) is 0.294. The molecule has 4 heterocycles. The van der Waals surface area contributed by atoms with Crippen LogP contribution in [-0.2, 0) is 24.4 Å². The number of hydrogen-bond donors (Lipinski definition) is 2. The summed E-state index contributed by atoms with van der Waals surface area (Å²) < 4.78 is 5.55. The van der Waals surface area contributed by atoms with Crippen LogP contribution in [0.4, 0.5) is 0 Å². The monoisotopic (exact) mass is 489 g/mol. The smallest absolute Gasteiger partial charge is 0.248 e. The molecule has 1 atom stereocenters. The van der Waals surface area contributed by atoms with E-state index >= 15 is 0 Å². The summed E-state index contributed by atoms with van der Waals surface area (Å²) in [6.45, 7) is 1.43. The first-order chi connectivity index (χ1) is 16.7. The van der Waals surface area contributed by atoms with Crippen molar-refractivity contribution in [2.45, 2.75) is 25.7 Å². The van der Waals surface area contributed by atoms with Crippen molar-refractivity contribution in [1.82, 2.24) is 15.2 Å². The fourth-order valence-corrected chi connectivity index (χ4v) is 5.39. The minimum Gasteiger partial charge on any atom is -0.467 e. The maximum absolute atomic E-state index is 13.9. The molecule has 8 heteroatoms. The van der Waals surface area contributed by atoms with Gasteiger partial charge in [-0.2, -0.15) is 0 Å². The molecule has 0 saturated carbocycles. The number of aromatic nitrogens is 1. The lowest BCUT2D eigenvalue weighted by atomic mass is 10.1. The lowest BCUT2D eigenvalue weighted by Gasteiger charge is -2.27. The average Bonchev–Trinajstić information content (AvgIpc) is 3.63. The van der Waals surface area contributed by atoms with E-state index in [1.807, 2.05) is 76.3 Å². The second-order valence-corrected chi connectivity index (χ2v) is 9.94. The molecule has 0 saturated heterocycles. The topological polar surface area (TPSA) is 78.3 Å². The van der Waals surface area contributed by atoms with Gasteiger partial charge in [0.15, 0.2) is 0 Å². The molecule has 0 bridgehead atoms. The number of rotatable bonds is 9. The number of furan rings is 1. The van der Waals surface area contributed by atoms with Gasteiger partial charge in [-0.25, -0.2) is 0 Å². The average molecular weight is 490 g/mol. The zero-order chi connectivity index (χ0) is 23.3. The van der Waals surface area contributed by atoms with Crippen LogP contribution in [0.5, 0.6) is 0 Å². The van der Waals surface area contributed by atoms with E-state index in [-0.39, 0.29) is 11.5 Å². The number of carbonyl (C=O) groups is 1. The molecule has 5 aromatic rings. The number of hydrogen-bond acceptors (Lipinski definition) is 6. The lowest BCUT2D eigenvalue weighted by Crippen LogP contribution is -2.39. The van der Waals surface area contributed by atoms with Crippen molar-refractivity contribution in [1.29, 1.82) is 0 Å². The van der Waals surface area contributed by atoms with Gasteiger partial charge in [0.2, 0.25) is 11.5 Å². The molecular weight excluding hydrogens is 466 g/mol. The Hall–Kier alpha value is -3.46. The normalized spacial score (nSPS) is 12.1. The molecule has 0 aliphatic carbocycles. The highest BCUT2D eigenvalue weighted by Crippen LogP contribution is 2.25. The molecule has 5 rings (SSSR count). The first kappa shape index (κ1) is 22.3. The fraction of sp³-hybridized carbons (Fsp3) is 0.154. The zero-order valence-corrected chi connectivity index (χ0v) is 19.9. The highest BCUT2D eigenvalue weighted by Gasteiger charge is 2.27.